The largest absolute Gasteiger partial charge is 0.491 e. The summed E-state index contributed by atoms with van der Waals surface area (Å²) in [5.74, 6) is -0.723. The number of anilines is 1. The lowest BCUT2D eigenvalue weighted by Gasteiger charge is -2.12. The van der Waals surface area contributed by atoms with Gasteiger partial charge in [0.05, 0.1) is 11.7 Å². The summed E-state index contributed by atoms with van der Waals surface area (Å²) in [5, 5.41) is 11.9. The number of rotatable bonds is 5. The molecule has 1 amide bonds. The first-order valence-corrected chi connectivity index (χ1v) is 7.29. The van der Waals surface area contributed by atoms with Crippen molar-refractivity contribution in [3.05, 3.63) is 59.2 Å². The Morgan fingerprint density at radius 3 is 2.48 bits per heavy atom. The minimum absolute atomic E-state index is 0.0165. The van der Waals surface area contributed by atoms with Gasteiger partial charge in [0.2, 0.25) is 0 Å². The molecule has 0 radical (unpaired) electrons. The molecule has 0 aliphatic rings. The zero-order chi connectivity index (χ0) is 17.0. The molecule has 0 fully saturated rings. The van der Waals surface area contributed by atoms with Crippen molar-refractivity contribution < 1.29 is 19.4 Å². The van der Waals surface area contributed by atoms with E-state index in [4.69, 9.17) is 9.84 Å². The van der Waals surface area contributed by atoms with Gasteiger partial charge in [-0.3, -0.25) is 4.79 Å². The third-order valence-electron chi connectivity index (χ3n) is 3.28. The first-order valence-electron chi connectivity index (χ1n) is 7.29. The Bertz CT molecular complexity index is 738. The predicted octanol–water partition coefficient (Wildman–Crippen LogP) is 3.73. The van der Waals surface area contributed by atoms with Gasteiger partial charge in [-0.25, -0.2) is 4.79 Å². The van der Waals surface area contributed by atoms with E-state index in [-0.39, 0.29) is 17.6 Å². The highest BCUT2D eigenvalue weighted by atomic mass is 16.5. The predicted molar refractivity (Wildman–Crippen MR) is 88.3 cm³/mol. The van der Waals surface area contributed by atoms with Gasteiger partial charge >= 0.3 is 5.97 Å². The average Bonchev–Trinajstić information content (AvgIpc) is 2.48. The van der Waals surface area contributed by atoms with Crippen molar-refractivity contribution in [3.63, 3.8) is 0 Å². The van der Waals surface area contributed by atoms with Crippen LogP contribution in [0.4, 0.5) is 5.69 Å². The van der Waals surface area contributed by atoms with E-state index < -0.39 is 5.97 Å². The second kappa shape index (κ2) is 6.96. The molecule has 0 aromatic heterocycles. The molecule has 5 heteroatoms. The van der Waals surface area contributed by atoms with E-state index in [1.165, 1.54) is 6.07 Å². The van der Waals surface area contributed by atoms with Crippen LogP contribution in [0.1, 0.15) is 40.1 Å². The molecule has 0 bridgehead atoms. The maximum atomic E-state index is 12.4. The van der Waals surface area contributed by atoms with Crippen LogP contribution in [-0.4, -0.2) is 23.1 Å². The van der Waals surface area contributed by atoms with Crippen LogP contribution in [0.3, 0.4) is 0 Å². The molecule has 0 heterocycles. The molecule has 0 saturated carbocycles. The summed E-state index contributed by atoms with van der Waals surface area (Å²) in [6.45, 7) is 5.48. The van der Waals surface area contributed by atoms with Crippen LogP contribution in [0.25, 0.3) is 0 Å². The molecule has 2 aromatic rings. The van der Waals surface area contributed by atoms with E-state index >= 15 is 0 Å². The van der Waals surface area contributed by atoms with Crippen LogP contribution in [0.2, 0.25) is 0 Å². The summed E-state index contributed by atoms with van der Waals surface area (Å²) in [7, 11) is 0. The van der Waals surface area contributed by atoms with Crippen molar-refractivity contribution in [1.29, 1.82) is 0 Å². The van der Waals surface area contributed by atoms with Crippen LogP contribution < -0.4 is 10.1 Å². The molecule has 0 unspecified atom stereocenters. The maximum absolute atomic E-state index is 12.4. The molecule has 2 aromatic carbocycles. The number of carboxylic acids is 1. The summed E-state index contributed by atoms with van der Waals surface area (Å²) in [6.07, 6.45) is 0.0165. The van der Waals surface area contributed by atoms with Gasteiger partial charge in [0.1, 0.15) is 5.75 Å². The number of amides is 1. The van der Waals surface area contributed by atoms with Gasteiger partial charge in [0.25, 0.3) is 5.91 Å². The highest BCUT2D eigenvalue weighted by molar-refractivity contribution is 6.05. The van der Waals surface area contributed by atoms with Gasteiger partial charge in [-0.15, -0.1) is 0 Å². The third kappa shape index (κ3) is 4.10. The fraction of sp³-hybridized carbons (Fsp3) is 0.222. The highest BCUT2D eigenvalue weighted by Gasteiger charge is 2.13. The number of nitrogens with one attached hydrogen (secondary N) is 1. The molecule has 23 heavy (non-hydrogen) atoms. The van der Waals surface area contributed by atoms with Gasteiger partial charge < -0.3 is 15.2 Å². The van der Waals surface area contributed by atoms with Gasteiger partial charge in [0, 0.05) is 11.3 Å². The summed E-state index contributed by atoms with van der Waals surface area (Å²) in [4.78, 5) is 23.5. The normalized spacial score (nSPS) is 10.4. The van der Waals surface area contributed by atoms with E-state index in [1.807, 2.05) is 13.8 Å². The second-order valence-corrected chi connectivity index (χ2v) is 5.43. The number of hydrogen-bond donors (Lipinski definition) is 2. The lowest BCUT2D eigenvalue weighted by molar-refractivity contribution is 0.0695. The number of hydrogen-bond acceptors (Lipinski definition) is 3. The van der Waals surface area contributed by atoms with Crippen molar-refractivity contribution in [3.8, 4) is 5.75 Å². The number of carboxylic acid groups (broad SMARTS) is 1. The molecule has 2 N–H and O–H groups in total. The molecule has 5 nitrogen and oxygen atoms in total. The van der Waals surface area contributed by atoms with E-state index in [0.717, 1.165) is 0 Å². The molecule has 0 aliphatic heterocycles. The van der Waals surface area contributed by atoms with Crippen LogP contribution in [0.15, 0.2) is 42.5 Å². The van der Waals surface area contributed by atoms with E-state index in [9.17, 15) is 9.59 Å². The Morgan fingerprint density at radius 1 is 1.13 bits per heavy atom. The monoisotopic (exact) mass is 313 g/mol. The summed E-state index contributed by atoms with van der Waals surface area (Å²) in [6, 6.07) is 11.6. The lowest BCUT2D eigenvalue weighted by Crippen LogP contribution is -2.14. The Hall–Kier alpha value is -2.82. The number of carbonyl (C=O) groups excluding carboxylic acids is 1. The van der Waals surface area contributed by atoms with Crippen LogP contribution in [0.5, 0.6) is 5.75 Å². The quantitative estimate of drug-likeness (QED) is 0.882. The van der Waals surface area contributed by atoms with Crippen LogP contribution in [-0.2, 0) is 0 Å². The number of benzene rings is 2. The zero-order valence-corrected chi connectivity index (χ0v) is 13.3. The van der Waals surface area contributed by atoms with Gasteiger partial charge in [0.15, 0.2) is 0 Å². The van der Waals surface area contributed by atoms with Crippen molar-refractivity contribution in [1.82, 2.24) is 0 Å². The standard InChI is InChI=1S/C18H19NO4/c1-11(2)23-14-7-4-6-13(10-14)17(20)19-16-9-5-8-15(12(16)3)18(21)22/h4-11H,1-3H3,(H,19,20)(H,21,22). The van der Waals surface area contributed by atoms with Gasteiger partial charge in [-0.2, -0.15) is 0 Å². The Kier molecular flexibility index (Phi) is 5.01. The van der Waals surface area contributed by atoms with Crippen molar-refractivity contribution in [2.75, 3.05) is 5.32 Å². The summed E-state index contributed by atoms with van der Waals surface area (Å²) >= 11 is 0. The average molecular weight is 313 g/mol. The lowest BCUT2D eigenvalue weighted by atomic mass is 10.1. The van der Waals surface area contributed by atoms with Crippen LogP contribution >= 0.6 is 0 Å². The SMILES string of the molecule is Cc1c(NC(=O)c2cccc(OC(C)C)c2)cccc1C(=O)O. The number of ether oxygens (including phenoxy) is 1. The Labute approximate surface area is 134 Å². The Morgan fingerprint density at radius 2 is 1.83 bits per heavy atom. The molecule has 120 valence electrons. The highest BCUT2D eigenvalue weighted by Crippen LogP contribution is 2.21. The zero-order valence-electron chi connectivity index (χ0n) is 13.3. The fourth-order valence-corrected chi connectivity index (χ4v) is 2.18. The molecule has 0 saturated heterocycles. The number of aromatic carboxylic acids is 1. The first-order chi connectivity index (χ1) is 10.9. The van der Waals surface area contributed by atoms with Crippen molar-refractivity contribution >= 4 is 17.6 Å². The van der Waals surface area contributed by atoms with E-state index in [1.54, 1.807) is 43.3 Å². The number of carbonyl (C=O) groups is 2. The second-order valence-electron chi connectivity index (χ2n) is 5.43. The minimum atomic E-state index is -1.02. The van der Waals surface area contributed by atoms with Crippen LogP contribution in [0, 0.1) is 6.92 Å². The fourth-order valence-electron chi connectivity index (χ4n) is 2.18. The molecular formula is C18H19NO4. The molecule has 0 aliphatic carbocycles. The Balaban J connectivity index is 2.23. The molecule has 2 rings (SSSR count). The maximum Gasteiger partial charge on any atom is 0.336 e. The third-order valence-corrected chi connectivity index (χ3v) is 3.28. The first kappa shape index (κ1) is 16.5. The van der Waals surface area contributed by atoms with Gasteiger partial charge in [-0.1, -0.05) is 12.1 Å². The molecule has 0 spiro atoms. The minimum Gasteiger partial charge on any atom is -0.491 e. The molecular weight excluding hydrogens is 294 g/mol. The topological polar surface area (TPSA) is 75.6 Å². The smallest absolute Gasteiger partial charge is 0.336 e. The van der Waals surface area contributed by atoms with E-state index in [0.29, 0.717) is 22.6 Å². The summed E-state index contributed by atoms with van der Waals surface area (Å²) in [5.41, 5.74) is 1.61. The van der Waals surface area contributed by atoms with Crippen molar-refractivity contribution in [2.45, 2.75) is 26.9 Å². The van der Waals surface area contributed by atoms with Crippen molar-refractivity contribution in [2.24, 2.45) is 0 Å². The summed E-state index contributed by atoms with van der Waals surface area (Å²) < 4.78 is 5.57. The molecule has 0 atom stereocenters. The van der Waals surface area contributed by atoms with E-state index in [2.05, 4.69) is 5.32 Å². The van der Waals surface area contributed by atoms with Gasteiger partial charge in [-0.05, 0) is 56.7 Å².